The van der Waals surface area contributed by atoms with E-state index in [0.29, 0.717) is 6.54 Å². The molecule has 1 amide bonds. The van der Waals surface area contributed by atoms with E-state index in [9.17, 15) is 4.79 Å². The van der Waals surface area contributed by atoms with Crippen LogP contribution < -0.4 is 10.7 Å². The zero-order chi connectivity index (χ0) is 22.5. The van der Waals surface area contributed by atoms with Gasteiger partial charge < -0.3 is 5.32 Å². The molecule has 0 spiro atoms. The van der Waals surface area contributed by atoms with E-state index in [0.717, 1.165) is 60.3 Å². The lowest BCUT2D eigenvalue weighted by Gasteiger charge is -2.32. The third-order valence-electron chi connectivity index (χ3n) is 6.79. The quantitative estimate of drug-likeness (QED) is 0.302. The third-order valence-corrected chi connectivity index (χ3v) is 6.79. The van der Waals surface area contributed by atoms with Crippen molar-refractivity contribution in [3.05, 3.63) is 84.4 Å². The Morgan fingerprint density at radius 2 is 1.37 bits per heavy atom. The summed E-state index contributed by atoms with van der Waals surface area (Å²) in [5, 5.41) is 5.66. The molecule has 0 bridgehead atoms. The number of aromatic nitrogens is 1. The summed E-state index contributed by atoms with van der Waals surface area (Å²) in [6.07, 6.45) is 3.60. The smallest absolute Gasteiger partial charge is 0.252 e. The topological polar surface area (TPSA) is 49.3 Å². The minimum Gasteiger partial charge on any atom is -0.308 e. The monoisotopic (exact) mass is 512 g/mol. The molecule has 7 heteroatoms. The van der Waals surface area contributed by atoms with Gasteiger partial charge in [0.25, 0.3) is 5.91 Å². The first kappa shape index (κ1) is 27.0. The summed E-state index contributed by atoms with van der Waals surface area (Å²) in [6.45, 7) is 4.58. The number of hydrogen-bond acceptors (Lipinski definition) is 3. The molecular weight excluding hydrogens is 479 g/mol. The zero-order valence-electron chi connectivity index (χ0n) is 19.9. The van der Waals surface area contributed by atoms with E-state index in [2.05, 4.69) is 58.1 Å². The summed E-state index contributed by atoms with van der Waals surface area (Å²) in [6, 6.07) is 27.1. The Labute approximate surface area is 219 Å². The maximum Gasteiger partial charge on any atom is 0.252 e. The second kappa shape index (κ2) is 12.9. The SMILES string of the molecule is Cl.Cl.O=C(CNCCC1CCN(Cc2ccccc2)CC1)Nn1c2ccccc2c2ccccc21. The van der Waals surface area contributed by atoms with E-state index in [4.69, 9.17) is 0 Å². The Bertz CT molecular complexity index is 1170. The first-order valence-corrected chi connectivity index (χ1v) is 12.0. The number of nitrogens with zero attached hydrogens (tertiary/aromatic N) is 2. The summed E-state index contributed by atoms with van der Waals surface area (Å²) in [7, 11) is 0. The third kappa shape index (κ3) is 6.56. The van der Waals surface area contributed by atoms with Crippen LogP contribution in [0.5, 0.6) is 0 Å². The Hall–Kier alpha value is -2.57. The average molecular weight is 514 g/mol. The number of rotatable bonds is 8. The Kier molecular flexibility index (Phi) is 9.99. The molecule has 3 aromatic carbocycles. The van der Waals surface area contributed by atoms with Crippen molar-refractivity contribution in [1.29, 1.82) is 0 Å². The summed E-state index contributed by atoms with van der Waals surface area (Å²) in [4.78, 5) is 15.2. The van der Waals surface area contributed by atoms with E-state index < -0.39 is 0 Å². The van der Waals surface area contributed by atoms with Crippen LogP contribution in [0.15, 0.2) is 78.9 Å². The van der Waals surface area contributed by atoms with Crippen LogP contribution in [0.2, 0.25) is 0 Å². The maximum atomic E-state index is 12.7. The molecule has 0 radical (unpaired) electrons. The highest BCUT2D eigenvalue weighted by Gasteiger charge is 2.19. The van der Waals surface area contributed by atoms with Crippen molar-refractivity contribution in [2.75, 3.05) is 31.6 Å². The van der Waals surface area contributed by atoms with Gasteiger partial charge >= 0.3 is 0 Å². The van der Waals surface area contributed by atoms with Crippen LogP contribution in [0.4, 0.5) is 0 Å². The number of benzene rings is 3. The predicted octanol–water partition coefficient (Wildman–Crippen LogP) is 5.60. The molecule has 4 aromatic rings. The minimum atomic E-state index is -0.0146. The molecule has 1 aliphatic heterocycles. The van der Waals surface area contributed by atoms with Crippen molar-refractivity contribution in [3.8, 4) is 0 Å². The predicted molar refractivity (Wildman–Crippen MR) is 150 cm³/mol. The minimum absolute atomic E-state index is 0. The Morgan fingerprint density at radius 1 is 0.800 bits per heavy atom. The van der Waals surface area contributed by atoms with Gasteiger partial charge in [-0.15, -0.1) is 24.8 Å². The van der Waals surface area contributed by atoms with Gasteiger partial charge in [-0.3, -0.25) is 19.8 Å². The molecule has 186 valence electrons. The van der Waals surface area contributed by atoms with Gasteiger partial charge in [0, 0.05) is 17.3 Å². The van der Waals surface area contributed by atoms with Gasteiger partial charge in [0.2, 0.25) is 0 Å². The highest BCUT2D eigenvalue weighted by Crippen LogP contribution is 2.27. The van der Waals surface area contributed by atoms with E-state index in [1.54, 1.807) is 0 Å². The molecule has 0 atom stereocenters. The molecular formula is C28H34Cl2N4O. The number of halogens is 2. The van der Waals surface area contributed by atoms with Crippen molar-refractivity contribution in [1.82, 2.24) is 14.9 Å². The molecule has 1 fully saturated rings. The highest BCUT2D eigenvalue weighted by atomic mass is 35.5. The van der Waals surface area contributed by atoms with Crippen LogP contribution in [0, 0.1) is 5.92 Å². The molecule has 1 aromatic heterocycles. The number of likely N-dealkylation sites (tertiary alicyclic amines) is 1. The van der Waals surface area contributed by atoms with Crippen molar-refractivity contribution in [2.45, 2.75) is 25.8 Å². The van der Waals surface area contributed by atoms with Gasteiger partial charge in [-0.05, 0) is 62.5 Å². The molecule has 2 N–H and O–H groups in total. The lowest BCUT2D eigenvalue weighted by Crippen LogP contribution is -2.36. The average Bonchev–Trinajstić information content (AvgIpc) is 3.17. The summed E-state index contributed by atoms with van der Waals surface area (Å²) >= 11 is 0. The van der Waals surface area contributed by atoms with Crippen molar-refractivity contribution < 1.29 is 4.79 Å². The largest absolute Gasteiger partial charge is 0.308 e. The fourth-order valence-electron chi connectivity index (χ4n) is 4.99. The molecule has 5 rings (SSSR count). The first-order chi connectivity index (χ1) is 16.3. The Balaban J connectivity index is 0.00000171. The van der Waals surface area contributed by atoms with Gasteiger partial charge in [0.05, 0.1) is 17.6 Å². The normalized spacial score (nSPS) is 14.4. The van der Waals surface area contributed by atoms with E-state index in [1.807, 2.05) is 41.1 Å². The van der Waals surface area contributed by atoms with Crippen molar-refractivity contribution >= 4 is 52.5 Å². The Morgan fingerprint density at radius 3 is 2.00 bits per heavy atom. The number of nitrogens with one attached hydrogen (secondary N) is 2. The van der Waals surface area contributed by atoms with Crippen molar-refractivity contribution in [3.63, 3.8) is 0 Å². The van der Waals surface area contributed by atoms with Gasteiger partial charge in [0.15, 0.2) is 0 Å². The van der Waals surface area contributed by atoms with E-state index in [1.165, 1.54) is 18.4 Å². The number of fused-ring (bicyclic) bond motifs is 3. The molecule has 0 aliphatic carbocycles. The second-order valence-corrected chi connectivity index (χ2v) is 9.08. The lowest BCUT2D eigenvalue weighted by molar-refractivity contribution is -0.116. The molecule has 5 nitrogen and oxygen atoms in total. The van der Waals surface area contributed by atoms with Crippen LogP contribution >= 0.6 is 24.8 Å². The lowest BCUT2D eigenvalue weighted by atomic mass is 9.93. The molecule has 0 saturated carbocycles. The van der Waals surface area contributed by atoms with Crippen LogP contribution in [0.1, 0.15) is 24.8 Å². The summed E-state index contributed by atoms with van der Waals surface area (Å²) < 4.78 is 1.91. The van der Waals surface area contributed by atoms with Crippen molar-refractivity contribution in [2.24, 2.45) is 5.92 Å². The van der Waals surface area contributed by atoms with E-state index >= 15 is 0 Å². The number of para-hydroxylation sites is 2. The molecule has 0 unspecified atom stereocenters. The standard InChI is InChI=1S/C28H32N4O.2ClH/c33-28(30-32-26-12-6-4-10-24(26)25-11-5-7-13-27(25)32)20-29-17-14-22-15-18-31(19-16-22)21-23-8-2-1-3-9-23;;/h1-13,22,29H,14-21H2,(H,30,33);2*1H. The van der Waals surface area contributed by atoms with Crippen LogP contribution in [0.25, 0.3) is 21.8 Å². The van der Waals surface area contributed by atoms with Crippen LogP contribution in [0.3, 0.4) is 0 Å². The number of carbonyl (C=O) groups excluding carboxylic acids is 1. The molecule has 1 saturated heterocycles. The number of amides is 1. The van der Waals surface area contributed by atoms with Crippen LogP contribution in [-0.2, 0) is 11.3 Å². The number of hydrogen-bond donors (Lipinski definition) is 2. The first-order valence-electron chi connectivity index (χ1n) is 12.0. The van der Waals surface area contributed by atoms with Gasteiger partial charge in [-0.25, -0.2) is 0 Å². The molecule has 2 heterocycles. The molecule has 1 aliphatic rings. The van der Waals surface area contributed by atoms with Crippen LogP contribution in [-0.4, -0.2) is 41.7 Å². The van der Waals surface area contributed by atoms with Gasteiger partial charge in [0.1, 0.15) is 0 Å². The van der Waals surface area contributed by atoms with E-state index in [-0.39, 0.29) is 30.7 Å². The summed E-state index contributed by atoms with van der Waals surface area (Å²) in [5.41, 5.74) is 6.52. The highest BCUT2D eigenvalue weighted by molar-refractivity contribution is 6.09. The number of carbonyl (C=O) groups is 1. The van der Waals surface area contributed by atoms with Gasteiger partial charge in [-0.2, -0.15) is 0 Å². The molecule has 35 heavy (non-hydrogen) atoms. The summed E-state index contributed by atoms with van der Waals surface area (Å²) in [5.74, 6) is 0.726. The second-order valence-electron chi connectivity index (χ2n) is 9.08. The fourth-order valence-corrected chi connectivity index (χ4v) is 4.99. The fraction of sp³-hybridized carbons (Fsp3) is 0.321. The van der Waals surface area contributed by atoms with Gasteiger partial charge in [-0.1, -0.05) is 66.7 Å². The number of piperidine rings is 1. The maximum absolute atomic E-state index is 12.7. The zero-order valence-corrected chi connectivity index (χ0v) is 21.5.